The van der Waals surface area contributed by atoms with Crippen molar-refractivity contribution in [3.63, 3.8) is 0 Å². The molecular formula is C8H16O3S. The second-order valence-electron chi connectivity index (χ2n) is 3.46. The van der Waals surface area contributed by atoms with Crippen molar-refractivity contribution in [2.75, 3.05) is 11.5 Å². The van der Waals surface area contributed by atoms with Gasteiger partial charge in [-0.25, -0.2) is 4.79 Å². The molecule has 0 rings (SSSR count). The minimum atomic E-state index is -1.07. The molecule has 72 valence electrons. The Morgan fingerprint density at radius 1 is 1.50 bits per heavy atom. The van der Waals surface area contributed by atoms with Crippen molar-refractivity contribution in [2.45, 2.75) is 33.3 Å². The van der Waals surface area contributed by atoms with Gasteiger partial charge in [-0.2, -0.15) is 0 Å². The molecule has 4 heteroatoms. The highest BCUT2D eigenvalue weighted by Crippen LogP contribution is 2.07. The molecule has 0 N–H and O–H groups in total. The summed E-state index contributed by atoms with van der Waals surface area (Å²) in [7, 11) is 0. The molecule has 0 fully saturated rings. The summed E-state index contributed by atoms with van der Waals surface area (Å²) in [5, 5.41) is 0. The van der Waals surface area contributed by atoms with Gasteiger partial charge in [-0.3, -0.25) is 0 Å². The fourth-order valence-corrected chi connectivity index (χ4v) is 1.13. The summed E-state index contributed by atoms with van der Waals surface area (Å²) < 4.78 is 15.9. The van der Waals surface area contributed by atoms with Crippen molar-refractivity contribution >= 4 is 17.1 Å². The van der Waals surface area contributed by atoms with Gasteiger partial charge in [-0.1, -0.05) is 0 Å². The molecule has 0 aliphatic carbocycles. The first-order valence-corrected chi connectivity index (χ1v) is 5.41. The maximum Gasteiger partial charge on any atom is 0.356 e. The Bertz CT molecular complexity index is 151. The van der Waals surface area contributed by atoms with Crippen LogP contribution in [0.15, 0.2) is 0 Å². The number of carbonyl (C=O) groups is 1. The lowest BCUT2D eigenvalue weighted by atomic mass is 10.2. The fourth-order valence-electron chi connectivity index (χ4n) is 0.604. The Labute approximate surface area is 76.7 Å². The van der Waals surface area contributed by atoms with E-state index in [0.29, 0.717) is 5.75 Å². The summed E-state index contributed by atoms with van der Waals surface area (Å²) in [6.45, 7) is 7.15. The molecule has 0 saturated heterocycles. The fraction of sp³-hybridized carbons (Fsp3) is 0.875. The predicted molar refractivity (Wildman–Crippen MR) is 49.4 cm³/mol. The van der Waals surface area contributed by atoms with Crippen LogP contribution in [0.3, 0.4) is 0 Å². The molecule has 3 nitrogen and oxygen atoms in total. The summed E-state index contributed by atoms with van der Waals surface area (Å²) >= 11 is -1.07. The molecule has 0 aliphatic rings. The summed E-state index contributed by atoms with van der Waals surface area (Å²) in [5.74, 6) is 0.121. The quantitative estimate of drug-likeness (QED) is 0.497. The third kappa shape index (κ3) is 6.49. The molecule has 0 aromatic carbocycles. The second kappa shape index (κ2) is 4.72. The molecule has 0 heterocycles. The minimum absolute atomic E-state index is 0.00771. The van der Waals surface area contributed by atoms with Crippen molar-refractivity contribution in [2.24, 2.45) is 0 Å². The van der Waals surface area contributed by atoms with E-state index in [-0.39, 0.29) is 11.7 Å². The van der Waals surface area contributed by atoms with Gasteiger partial charge in [0.05, 0.1) is 0 Å². The van der Waals surface area contributed by atoms with Crippen LogP contribution >= 0.6 is 0 Å². The molecule has 0 bridgehead atoms. The van der Waals surface area contributed by atoms with Crippen LogP contribution in [0, 0.1) is 0 Å². The maximum atomic E-state index is 11.0. The van der Waals surface area contributed by atoms with Gasteiger partial charge in [-0.15, -0.1) is 0 Å². The molecule has 0 aromatic heterocycles. The van der Waals surface area contributed by atoms with Crippen LogP contribution in [0.1, 0.15) is 27.7 Å². The Balaban J connectivity index is 3.75. The zero-order valence-electron chi connectivity index (χ0n) is 8.05. The number of carbonyl (C=O) groups excluding carboxylic acids is 1. The number of hydrogen-bond acceptors (Lipinski definition) is 3. The molecule has 1 atom stereocenters. The zero-order chi connectivity index (χ0) is 9.78. The molecule has 0 aliphatic heterocycles. The van der Waals surface area contributed by atoms with E-state index in [1.54, 1.807) is 27.7 Å². The molecular weight excluding hydrogens is 176 g/mol. The number of hydrogen-bond donors (Lipinski definition) is 0. The average Bonchev–Trinajstić information content (AvgIpc) is 1.82. The van der Waals surface area contributed by atoms with Gasteiger partial charge in [0, 0.05) is 0 Å². The van der Waals surface area contributed by atoms with Gasteiger partial charge in [0.25, 0.3) is 0 Å². The van der Waals surface area contributed by atoms with Crippen LogP contribution in [0.5, 0.6) is 0 Å². The number of ether oxygens (including phenoxy) is 1. The van der Waals surface area contributed by atoms with Gasteiger partial charge in [0.15, 0.2) is 0 Å². The third-order valence-electron chi connectivity index (χ3n) is 1.02. The van der Waals surface area contributed by atoms with Crippen LogP contribution in [0.25, 0.3) is 0 Å². The highest BCUT2D eigenvalue weighted by atomic mass is 32.2. The van der Waals surface area contributed by atoms with Crippen molar-refractivity contribution in [1.29, 1.82) is 0 Å². The molecule has 0 amide bonds. The van der Waals surface area contributed by atoms with E-state index in [2.05, 4.69) is 0 Å². The Kier molecular flexibility index (Phi) is 4.63. The van der Waals surface area contributed by atoms with Crippen molar-refractivity contribution in [1.82, 2.24) is 0 Å². The van der Waals surface area contributed by atoms with Crippen LogP contribution < -0.4 is 0 Å². The summed E-state index contributed by atoms with van der Waals surface area (Å²) in [4.78, 5) is 11.0. The maximum absolute atomic E-state index is 11.0. The smallest absolute Gasteiger partial charge is 0.356 e. The molecule has 0 aromatic rings. The van der Waals surface area contributed by atoms with E-state index in [0.717, 1.165) is 0 Å². The molecule has 0 radical (unpaired) electrons. The van der Waals surface area contributed by atoms with Crippen LogP contribution in [0.2, 0.25) is 0 Å². The SMILES string of the molecule is CC[S+]([O-])CC(=O)OC(C)(C)C. The van der Waals surface area contributed by atoms with Gasteiger partial charge in [0.2, 0.25) is 5.75 Å². The number of rotatable bonds is 3. The standard InChI is InChI=1S/C8H16O3S/c1-5-12(10)6-7(9)11-8(2,3)4/h5-6H2,1-4H3. The van der Waals surface area contributed by atoms with E-state index >= 15 is 0 Å². The van der Waals surface area contributed by atoms with Crippen LogP contribution in [-0.2, 0) is 20.7 Å². The second-order valence-corrected chi connectivity index (χ2v) is 5.20. The monoisotopic (exact) mass is 192 g/mol. The van der Waals surface area contributed by atoms with Crippen LogP contribution in [0.4, 0.5) is 0 Å². The topological polar surface area (TPSA) is 49.4 Å². The Morgan fingerprint density at radius 2 is 2.00 bits per heavy atom. The summed E-state index contributed by atoms with van der Waals surface area (Å²) in [6.07, 6.45) is 0. The van der Waals surface area contributed by atoms with Gasteiger partial charge in [-0.05, 0) is 38.9 Å². The highest BCUT2D eigenvalue weighted by Gasteiger charge is 2.19. The Morgan fingerprint density at radius 3 is 2.33 bits per heavy atom. The lowest BCUT2D eigenvalue weighted by Gasteiger charge is -2.19. The zero-order valence-corrected chi connectivity index (χ0v) is 8.86. The molecule has 1 unspecified atom stereocenters. The predicted octanol–water partition coefficient (Wildman–Crippen LogP) is 1.10. The first kappa shape index (κ1) is 11.8. The Hall–Kier alpha value is -0.220. The van der Waals surface area contributed by atoms with Crippen molar-refractivity contribution in [3.05, 3.63) is 0 Å². The van der Waals surface area contributed by atoms with Gasteiger partial charge < -0.3 is 9.29 Å². The molecule has 0 spiro atoms. The van der Waals surface area contributed by atoms with Crippen molar-refractivity contribution in [3.8, 4) is 0 Å². The third-order valence-corrected chi connectivity index (χ3v) is 2.22. The number of esters is 1. The van der Waals surface area contributed by atoms with E-state index in [4.69, 9.17) is 4.74 Å². The van der Waals surface area contributed by atoms with E-state index in [1.165, 1.54) is 0 Å². The molecule has 0 saturated carbocycles. The van der Waals surface area contributed by atoms with E-state index in [9.17, 15) is 9.35 Å². The van der Waals surface area contributed by atoms with E-state index in [1.807, 2.05) is 0 Å². The summed E-state index contributed by atoms with van der Waals surface area (Å²) in [6, 6.07) is 0. The largest absolute Gasteiger partial charge is 0.616 e. The highest BCUT2D eigenvalue weighted by molar-refractivity contribution is 7.92. The normalized spacial score (nSPS) is 14.1. The molecule has 12 heavy (non-hydrogen) atoms. The minimum Gasteiger partial charge on any atom is -0.616 e. The first-order valence-electron chi connectivity index (χ1n) is 3.92. The average molecular weight is 192 g/mol. The first-order chi connectivity index (χ1) is 5.35. The van der Waals surface area contributed by atoms with Gasteiger partial charge in [0.1, 0.15) is 11.4 Å². The van der Waals surface area contributed by atoms with Crippen molar-refractivity contribution < 1.29 is 14.1 Å². The lowest BCUT2D eigenvalue weighted by Crippen LogP contribution is -2.29. The van der Waals surface area contributed by atoms with E-state index < -0.39 is 16.8 Å². The van der Waals surface area contributed by atoms with Crippen LogP contribution in [-0.4, -0.2) is 27.6 Å². The van der Waals surface area contributed by atoms with Gasteiger partial charge >= 0.3 is 5.97 Å². The lowest BCUT2D eigenvalue weighted by molar-refractivity contribution is -0.151. The summed E-state index contributed by atoms with van der Waals surface area (Å²) in [5.41, 5.74) is -0.477.